The maximum Gasteiger partial charge on any atom is 0.261 e. The van der Waals surface area contributed by atoms with Crippen LogP contribution in [0.15, 0.2) is 46.9 Å². The molecule has 0 radical (unpaired) electrons. The van der Waals surface area contributed by atoms with Crippen molar-refractivity contribution in [2.45, 2.75) is 71.5 Å². The van der Waals surface area contributed by atoms with Crippen LogP contribution >= 0.6 is 15.9 Å². The molecule has 0 spiro atoms. The maximum absolute atomic E-state index is 13.3. The fourth-order valence-electron chi connectivity index (χ4n) is 4.28. The minimum Gasteiger partial charge on any atom is -0.484 e. The summed E-state index contributed by atoms with van der Waals surface area (Å²) < 4.78 is 6.91. The van der Waals surface area contributed by atoms with E-state index in [1.807, 2.05) is 63.2 Å². The molecule has 32 heavy (non-hydrogen) atoms. The molecule has 1 fully saturated rings. The van der Waals surface area contributed by atoms with Gasteiger partial charge >= 0.3 is 0 Å². The monoisotopic (exact) mass is 500 g/mol. The zero-order chi connectivity index (χ0) is 23.1. The zero-order valence-corrected chi connectivity index (χ0v) is 20.8. The van der Waals surface area contributed by atoms with Crippen LogP contribution in [0.2, 0.25) is 0 Å². The van der Waals surface area contributed by atoms with Crippen LogP contribution < -0.4 is 10.1 Å². The summed E-state index contributed by atoms with van der Waals surface area (Å²) in [6, 6.07) is 13.3. The van der Waals surface area contributed by atoms with Crippen molar-refractivity contribution in [2.75, 3.05) is 6.61 Å². The Morgan fingerprint density at radius 3 is 2.34 bits per heavy atom. The molecule has 0 saturated heterocycles. The third-order valence-electron chi connectivity index (χ3n) is 6.06. The first kappa shape index (κ1) is 24.3. The molecule has 2 aromatic carbocycles. The first-order valence-corrected chi connectivity index (χ1v) is 12.2. The van der Waals surface area contributed by atoms with E-state index in [0.29, 0.717) is 18.7 Å². The standard InChI is InChI=1S/C26H33BrN2O3/c1-4-23(26(31)28-21-12-8-9-13-21)29(16-20-10-6-5-7-11-20)24(30)17-32-22-14-18(2)25(27)19(3)15-22/h5-7,10-11,14-15,21,23H,4,8-9,12-13,16-17H2,1-3H3,(H,28,31)/t23-/m1/s1. The van der Waals surface area contributed by atoms with Gasteiger partial charge in [0.25, 0.3) is 5.91 Å². The average Bonchev–Trinajstić information content (AvgIpc) is 3.29. The molecule has 1 atom stereocenters. The van der Waals surface area contributed by atoms with Gasteiger partial charge in [0, 0.05) is 17.1 Å². The van der Waals surface area contributed by atoms with Gasteiger partial charge in [-0.15, -0.1) is 0 Å². The van der Waals surface area contributed by atoms with E-state index in [4.69, 9.17) is 4.74 Å². The number of nitrogens with zero attached hydrogens (tertiary/aromatic N) is 1. The molecule has 1 aliphatic rings. The molecule has 2 amide bonds. The molecule has 1 saturated carbocycles. The smallest absolute Gasteiger partial charge is 0.261 e. The minimum absolute atomic E-state index is 0.0704. The number of benzene rings is 2. The van der Waals surface area contributed by atoms with E-state index < -0.39 is 6.04 Å². The van der Waals surface area contributed by atoms with Crippen molar-refractivity contribution in [3.8, 4) is 5.75 Å². The molecule has 5 nitrogen and oxygen atoms in total. The average molecular weight is 501 g/mol. The van der Waals surface area contributed by atoms with Crippen LogP contribution in [0, 0.1) is 13.8 Å². The summed E-state index contributed by atoms with van der Waals surface area (Å²) in [5.41, 5.74) is 3.09. The zero-order valence-electron chi connectivity index (χ0n) is 19.2. The van der Waals surface area contributed by atoms with Crippen molar-refractivity contribution < 1.29 is 14.3 Å². The Hall–Kier alpha value is -2.34. The van der Waals surface area contributed by atoms with Crippen LogP contribution in [-0.4, -0.2) is 35.4 Å². The first-order chi connectivity index (χ1) is 15.4. The number of hydrogen-bond acceptors (Lipinski definition) is 3. The number of ether oxygens (including phenoxy) is 1. The van der Waals surface area contributed by atoms with Gasteiger partial charge in [-0.25, -0.2) is 0 Å². The highest BCUT2D eigenvalue weighted by atomic mass is 79.9. The van der Waals surface area contributed by atoms with Crippen LogP contribution in [0.3, 0.4) is 0 Å². The molecule has 1 N–H and O–H groups in total. The highest BCUT2D eigenvalue weighted by Gasteiger charge is 2.30. The molecule has 0 heterocycles. The van der Waals surface area contributed by atoms with Crippen molar-refractivity contribution in [1.82, 2.24) is 10.2 Å². The fourth-order valence-corrected chi connectivity index (χ4v) is 4.51. The number of carbonyl (C=O) groups is 2. The molecular formula is C26H33BrN2O3. The van der Waals surface area contributed by atoms with E-state index in [1.54, 1.807) is 4.90 Å². The van der Waals surface area contributed by atoms with Crippen LogP contribution in [0.25, 0.3) is 0 Å². The number of halogens is 1. The second-order valence-corrected chi connectivity index (χ2v) is 9.37. The summed E-state index contributed by atoms with van der Waals surface area (Å²) in [5, 5.41) is 3.17. The van der Waals surface area contributed by atoms with E-state index in [-0.39, 0.29) is 24.5 Å². The summed E-state index contributed by atoms with van der Waals surface area (Å²) in [6.07, 6.45) is 4.87. The van der Waals surface area contributed by atoms with Gasteiger partial charge in [-0.2, -0.15) is 0 Å². The van der Waals surface area contributed by atoms with E-state index >= 15 is 0 Å². The van der Waals surface area contributed by atoms with Crippen LogP contribution in [-0.2, 0) is 16.1 Å². The Balaban J connectivity index is 1.75. The summed E-state index contributed by atoms with van der Waals surface area (Å²) in [7, 11) is 0. The topological polar surface area (TPSA) is 58.6 Å². The van der Waals surface area contributed by atoms with Crippen molar-refractivity contribution in [3.05, 3.63) is 63.6 Å². The third-order valence-corrected chi connectivity index (χ3v) is 7.31. The Morgan fingerprint density at radius 1 is 1.12 bits per heavy atom. The van der Waals surface area contributed by atoms with Crippen molar-refractivity contribution in [3.63, 3.8) is 0 Å². The molecule has 2 aromatic rings. The summed E-state index contributed by atoms with van der Waals surface area (Å²) >= 11 is 3.56. The SMILES string of the molecule is CC[C@H](C(=O)NC1CCCC1)N(Cc1ccccc1)C(=O)COc1cc(C)c(Br)c(C)c1. The van der Waals surface area contributed by atoms with Gasteiger partial charge in [-0.1, -0.05) is 66.0 Å². The van der Waals surface area contributed by atoms with Crippen molar-refractivity contribution >= 4 is 27.7 Å². The number of hydrogen-bond donors (Lipinski definition) is 1. The minimum atomic E-state index is -0.528. The number of nitrogens with one attached hydrogen (secondary N) is 1. The molecule has 172 valence electrons. The van der Waals surface area contributed by atoms with E-state index in [2.05, 4.69) is 21.2 Å². The second kappa shape index (κ2) is 11.5. The van der Waals surface area contributed by atoms with E-state index in [1.165, 1.54) is 0 Å². The summed E-state index contributed by atoms with van der Waals surface area (Å²) in [4.78, 5) is 28.1. The van der Waals surface area contributed by atoms with Crippen molar-refractivity contribution in [1.29, 1.82) is 0 Å². The fraction of sp³-hybridized carbons (Fsp3) is 0.462. The predicted molar refractivity (Wildman–Crippen MR) is 131 cm³/mol. The Morgan fingerprint density at radius 2 is 1.75 bits per heavy atom. The largest absolute Gasteiger partial charge is 0.484 e. The summed E-state index contributed by atoms with van der Waals surface area (Å²) in [5.74, 6) is 0.388. The van der Waals surface area contributed by atoms with Gasteiger partial charge in [0.05, 0.1) is 0 Å². The molecule has 0 aromatic heterocycles. The lowest BCUT2D eigenvalue weighted by Crippen LogP contribution is -2.52. The lowest BCUT2D eigenvalue weighted by atomic mass is 10.1. The Kier molecular flexibility index (Phi) is 8.74. The molecule has 3 rings (SSSR count). The first-order valence-electron chi connectivity index (χ1n) is 11.4. The van der Waals surface area contributed by atoms with E-state index in [9.17, 15) is 9.59 Å². The van der Waals surface area contributed by atoms with Gasteiger partial charge in [0.2, 0.25) is 5.91 Å². The summed E-state index contributed by atoms with van der Waals surface area (Å²) in [6.45, 7) is 6.20. The normalized spacial score (nSPS) is 14.8. The molecule has 0 unspecified atom stereocenters. The molecular weight excluding hydrogens is 468 g/mol. The molecule has 0 bridgehead atoms. The molecule has 0 aliphatic heterocycles. The maximum atomic E-state index is 13.3. The van der Waals surface area contributed by atoms with Crippen LogP contribution in [0.4, 0.5) is 0 Å². The number of carbonyl (C=O) groups excluding carboxylic acids is 2. The second-order valence-electron chi connectivity index (χ2n) is 8.58. The molecule has 6 heteroatoms. The van der Waals surface area contributed by atoms with Gasteiger partial charge < -0.3 is 15.0 Å². The van der Waals surface area contributed by atoms with E-state index in [0.717, 1.165) is 46.8 Å². The highest BCUT2D eigenvalue weighted by molar-refractivity contribution is 9.10. The third kappa shape index (κ3) is 6.35. The lowest BCUT2D eigenvalue weighted by molar-refractivity contribution is -0.143. The van der Waals surface area contributed by atoms with Gasteiger partial charge in [0.1, 0.15) is 11.8 Å². The van der Waals surface area contributed by atoms with Crippen LogP contribution in [0.5, 0.6) is 5.75 Å². The van der Waals surface area contributed by atoms with Crippen LogP contribution in [0.1, 0.15) is 55.7 Å². The number of aryl methyl sites for hydroxylation is 2. The number of rotatable bonds is 9. The molecule has 1 aliphatic carbocycles. The van der Waals surface area contributed by atoms with Gasteiger partial charge in [0.15, 0.2) is 6.61 Å². The van der Waals surface area contributed by atoms with Crippen molar-refractivity contribution in [2.24, 2.45) is 0 Å². The predicted octanol–water partition coefficient (Wildman–Crippen LogP) is 5.31. The quantitative estimate of drug-likeness (QED) is 0.507. The Bertz CT molecular complexity index is 903. The number of amides is 2. The lowest BCUT2D eigenvalue weighted by Gasteiger charge is -2.31. The Labute approximate surface area is 199 Å². The van der Waals surface area contributed by atoms with Gasteiger partial charge in [-0.3, -0.25) is 9.59 Å². The van der Waals surface area contributed by atoms with Gasteiger partial charge in [-0.05, 0) is 61.9 Å². The highest BCUT2D eigenvalue weighted by Crippen LogP contribution is 2.26.